The molecule has 0 saturated heterocycles. The Kier molecular flexibility index (Phi) is 4.35. The van der Waals surface area contributed by atoms with E-state index < -0.39 is 0 Å². The van der Waals surface area contributed by atoms with E-state index >= 15 is 0 Å². The lowest BCUT2D eigenvalue weighted by atomic mass is 10.1. The zero-order chi connectivity index (χ0) is 13.0. The standard InChI is InChI=1S/C15H16FNS/c1-3-4-5-6-13(17-2)15-10-11-9-12(16)7-8-14(11)18-15/h7-10,13,17H,5-6H2,1-2H3. The molecule has 18 heavy (non-hydrogen) atoms. The van der Waals surface area contributed by atoms with Crippen LogP contribution in [0.1, 0.15) is 30.7 Å². The zero-order valence-corrected chi connectivity index (χ0v) is 11.4. The number of hydrogen-bond donors (Lipinski definition) is 1. The first kappa shape index (κ1) is 13.1. The molecule has 1 unspecified atom stereocenters. The fourth-order valence-electron chi connectivity index (χ4n) is 1.98. The van der Waals surface area contributed by atoms with Gasteiger partial charge in [0.1, 0.15) is 5.82 Å². The van der Waals surface area contributed by atoms with Crippen LogP contribution in [0.25, 0.3) is 10.1 Å². The molecule has 1 heterocycles. The van der Waals surface area contributed by atoms with Crippen LogP contribution < -0.4 is 5.32 Å². The molecule has 0 bridgehead atoms. The maximum atomic E-state index is 13.1. The summed E-state index contributed by atoms with van der Waals surface area (Å²) in [5.41, 5.74) is 0. The first-order valence-electron chi connectivity index (χ1n) is 6.00. The first-order valence-corrected chi connectivity index (χ1v) is 6.82. The molecule has 3 heteroatoms. The number of thiophene rings is 1. The van der Waals surface area contributed by atoms with Gasteiger partial charge in [-0.25, -0.2) is 4.39 Å². The molecule has 0 radical (unpaired) electrons. The summed E-state index contributed by atoms with van der Waals surface area (Å²) in [7, 11) is 1.95. The van der Waals surface area contributed by atoms with Crippen molar-refractivity contribution in [1.29, 1.82) is 0 Å². The predicted molar refractivity (Wildman–Crippen MR) is 76.3 cm³/mol. The third-order valence-electron chi connectivity index (χ3n) is 2.92. The van der Waals surface area contributed by atoms with E-state index in [0.29, 0.717) is 6.04 Å². The van der Waals surface area contributed by atoms with Crippen LogP contribution in [0.15, 0.2) is 24.3 Å². The molecular formula is C15H16FNS. The van der Waals surface area contributed by atoms with Crippen LogP contribution >= 0.6 is 11.3 Å². The van der Waals surface area contributed by atoms with E-state index in [-0.39, 0.29) is 5.82 Å². The molecule has 94 valence electrons. The summed E-state index contributed by atoms with van der Waals surface area (Å²) >= 11 is 1.72. The van der Waals surface area contributed by atoms with Crippen LogP contribution in [0.3, 0.4) is 0 Å². The fraction of sp³-hybridized carbons (Fsp3) is 0.333. The molecule has 0 aliphatic carbocycles. The molecule has 2 aromatic rings. The normalized spacial score (nSPS) is 12.2. The van der Waals surface area contributed by atoms with E-state index in [1.807, 2.05) is 20.0 Å². The minimum atomic E-state index is -0.176. The van der Waals surface area contributed by atoms with Gasteiger partial charge in [0, 0.05) is 22.0 Å². The van der Waals surface area contributed by atoms with E-state index in [0.717, 1.165) is 22.9 Å². The quantitative estimate of drug-likeness (QED) is 0.817. The smallest absolute Gasteiger partial charge is 0.123 e. The van der Waals surface area contributed by atoms with E-state index in [2.05, 4.69) is 23.2 Å². The molecule has 1 nitrogen and oxygen atoms in total. The topological polar surface area (TPSA) is 12.0 Å². The van der Waals surface area contributed by atoms with Gasteiger partial charge in [-0.3, -0.25) is 0 Å². The second-order valence-electron chi connectivity index (χ2n) is 4.14. The van der Waals surface area contributed by atoms with Gasteiger partial charge in [0.05, 0.1) is 0 Å². The summed E-state index contributed by atoms with van der Waals surface area (Å²) in [6.45, 7) is 1.86. The molecule has 2 rings (SSSR count). The summed E-state index contributed by atoms with van der Waals surface area (Å²) in [6, 6.07) is 7.32. The van der Waals surface area contributed by atoms with Gasteiger partial charge in [-0.2, -0.15) is 0 Å². The van der Waals surface area contributed by atoms with Crippen molar-refractivity contribution in [3.63, 3.8) is 0 Å². The van der Waals surface area contributed by atoms with Crippen molar-refractivity contribution in [1.82, 2.24) is 5.32 Å². The molecular weight excluding hydrogens is 245 g/mol. The Labute approximate surface area is 111 Å². The van der Waals surface area contributed by atoms with Gasteiger partial charge < -0.3 is 5.32 Å². The largest absolute Gasteiger partial charge is 0.312 e. The number of fused-ring (bicyclic) bond motifs is 1. The molecule has 1 atom stereocenters. The summed E-state index contributed by atoms with van der Waals surface area (Å²) < 4.78 is 14.3. The van der Waals surface area contributed by atoms with E-state index in [1.165, 1.54) is 10.9 Å². The highest BCUT2D eigenvalue weighted by molar-refractivity contribution is 7.19. The lowest BCUT2D eigenvalue weighted by Crippen LogP contribution is -2.14. The number of hydrogen-bond acceptors (Lipinski definition) is 2. The Bertz CT molecular complexity index is 591. The highest BCUT2D eigenvalue weighted by atomic mass is 32.1. The Morgan fingerprint density at radius 1 is 1.39 bits per heavy atom. The Balaban J connectivity index is 2.24. The van der Waals surface area contributed by atoms with Gasteiger partial charge in [0.2, 0.25) is 0 Å². The van der Waals surface area contributed by atoms with Crippen molar-refractivity contribution in [2.45, 2.75) is 25.8 Å². The van der Waals surface area contributed by atoms with Crippen molar-refractivity contribution < 1.29 is 4.39 Å². The van der Waals surface area contributed by atoms with Crippen LogP contribution in [0.4, 0.5) is 4.39 Å². The molecule has 1 aromatic carbocycles. The molecule has 0 spiro atoms. The first-order chi connectivity index (χ1) is 8.74. The van der Waals surface area contributed by atoms with Crippen LogP contribution in [0, 0.1) is 17.7 Å². The van der Waals surface area contributed by atoms with Crippen LogP contribution in [-0.2, 0) is 0 Å². The van der Waals surface area contributed by atoms with Crippen molar-refractivity contribution >= 4 is 21.4 Å². The highest BCUT2D eigenvalue weighted by Gasteiger charge is 2.12. The van der Waals surface area contributed by atoms with E-state index in [4.69, 9.17) is 0 Å². The van der Waals surface area contributed by atoms with Gasteiger partial charge in [0.25, 0.3) is 0 Å². The summed E-state index contributed by atoms with van der Waals surface area (Å²) in [6.07, 6.45) is 1.86. The molecule has 0 saturated carbocycles. The third-order valence-corrected chi connectivity index (χ3v) is 4.15. The Morgan fingerprint density at radius 3 is 2.94 bits per heavy atom. The van der Waals surface area contributed by atoms with Gasteiger partial charge in [-0.1, -0.05) is 0 Å². The molecule has 1 aromatic heterocycles. The second-order valence-corrected chi connectivity index (χ2v) is 5.25. The number of benzene rings is 1. The summed E-state index contributed by atoms with van der Waals surface area (Å²) in [4.78, 5) is 1.25. The number of rotatable bonds is 4. The lowest BCUT2D eigenvalue weighted by molar-refractivity contribution is 0.567. The minimum Gasteiger partial charge on any atom is -0.312 e. The van der Waals surface area contributed by atoms with Crippen molar-refractivity contribution in [3.8, 4) is 11.8 Å². The Morgan fingerprint density at radius 2 is 2.22 bits per heavy atom. The van der Waals surface area contributed by atoms with Crippen LogP contribution in [0.5, 0.6) is 0 Å². The molecule has 1 N–H and O–H groups in total. The monoisotopic (exact) mass is 261 g/mol. The van der Waals surface area contributed by atoms with Crippen molar-refractivity contribution in [3.05, 3.63) is 35.0 Å². The third kappa shape index (κ3) is 2.90. The fourth-order valence-corrected chi connectivity index (χ4v) is 3.17. The van der Waals surface area contributed by atoms with Gasteiger partial charge in [-0.05, 0) is 50.0 Å². The predicted octanol–water partition coefficient (Wildman–Crippen LogP) is 4.10. The van der Waals surface area contributed by atoms with Gasteiger partial charge in [-0.15, -0.1) is 23.2 Å². The highest BCUT2D eigenvalue weighted by Crippen LogP contribution is 2.32. The summed E-state index contributed by atoms with van der Waals surface area (Å²) in [5.74, 6) is 5.81. The van der Waals surface area contributed by atoms with Crippen LogP contribution in [0.2, 0.25) is 0 Å². The maximum absolute atomic E-state index is 13.1. The molecule has 0 aliphatic heterocycles. The SMILES string of the molecule is CC#CCCC(NC)c1cc2cc(F)ccc2s1. The van der Waals surface area contributed by atoms with Gasteiger partial charge in [0.15, 0.2) is 0 Å². The second kappa shape index (κ2) is 5.99. The Hall–Kier alpha value is -1.37. The van der Waals surface area contributed by atoms with Crippen LogP contribution in [-0.4, -0.2) is 7.05 Å². The number of halogens is 1. The molecule has 0 fully saturated rings. The van der Waals surface area contributed by atoms with Gasteiger partial charge >= 0.3 is 0 Å². The zero-order valence-electron chi connectivity index (χ0n) is 10.6. The molecule has 0 aliphatic rings. The van der Waals surface area contributed by atoms with E-state index in [1.54, 1.807) is 17.4 Å². The average Bonchev–Trinajstić information content (AvgIpc) is 2.77. The van der Waals surface area contributed by atoms with Crippen molar-refractivity contribution in [2.75, 3.05) is 7.05 Å². The summed E-state index contributed by atoms with van der Waals surface area (Å²) in [5, 5.41) is 4.28. The van der Waals surface area contributed by atoms with E-state index in [9.17, 15) is 4.39 Å². The van der Waals surface area contributed by atoms with Crippen molar-refractivity contribution in [2.24, 2.45) is 0 Å². The number of nitrogens with one attached hydrogen (secondary N) is 1. The minimum absolute atomic E-state index is 0.176. The lowest BCUT2D eigenvalue weighted by Gasteiger charge is -2.12. The maximum Gasteiger partial charge on any atom is 0.123 e. The molecule has 0 amide bonds. The average molecular weight is 261 g/mol.